The van der Waals surface area contributed by atoms with Gasteiger partial charge in [0.2, 0.25) is 5.91 Å². The van der Waals surface area contributed by atoms with Crippen LogP contribution in [0.5, 0.6) is 0 Å². The van der Waals surface area contributed by atoms with E-state index in [1.165, 1.54) is 12.1 Å². The van der Waals surface area contributed by atoms with Crippen molar-refractivity contribution in [2.75, 3.05) is 31.1 Å². The zero-order chi connectivity index (χ0) is 32.8. The first kappa shape index (κ1) is 32.5. The number of pyridine rings is 1. The molecule has 0 aliphatic carbocycles. The molecule has 0 bridgehead atoms. The van der Waals surface area contributed by atoms with Crippen molar-refractivity contribution in [3.63, 3.8) is 0 Å². The van der Waals surface area contributed by atoms with Crippen molar-refractivity contribution < 1.29 is 23.1 Å². The van der Waals surface area contributed by atoms with Crippen molar-refractivity contribution in [3.05, 3.63) is 76.4 Å². The summed E-state index contributed by atoms with van der Waals surface area (Å²) in [6, 6.07) is 7.11. The Balaban J connectivity index is 1.39. The summed E-state index contributed by atoms with van der Waals surface area (Å²) in [7, 11) is 1.90. The number of carbonyl (C=O) groups is 2. The van der Waals surface area contributed by atoms with Crippen LogP contribution in [0, 0.1) is 18.6 Å². The highest BCUT2D eigenvalue weighted by atomic mass is 19.1. The maximum absolute atomic E-state index is 14.4. The smallest absolute Gasteiger partial charge is 0.410 e. The maximum Gasteiger partial charge on any atom is 0.410 e. The van der Waals surface area contributed by atoms with E-state index in [4.69, 9.17) is 4.74 Å². The minimum atomic E-state index is -0.630. The molecule has 5 rings (SSSR count). The Labute approximate surface area is 264 Å². The number of halogens is 2. The van der Waals surface area contributed by atoms with Crippen molar-refractivity contribution >= 4 is 17.7 Å². The highest BCUT2D eigenvalue weighted by Gasteiger charge is 2.42. The number of anilines is 1. The molecule has 9 nitrogen and oxygen atoms in total. The number of aromatic nitrogens is 3. The first-order valence-electron chi connectivity index (χ1n) is 15.5. The summed E-state index contributed by atoms with van der Waals surface area (Å²) >= 11 is 0. The monoisotopic (exact) mass is 622 g/mol. The van der Waals surface area contributed by atoms with E-state index < -0.39 is 17.2 Å². The van der Waals surface area contributed by atoms with Gasteiger partial charge in [0.15, 0.2) is 0 Å². The second kappa shape index (κ2) is 12.2. The van der Waals surface area contributed by atoms with Crippen LogP contribution in [0.2, 0.25) is 0 Å². The third-order valence-corrected chi connectivity index (χ3v) is 8.66. The van der Waals surface area contributed by atoms with Crippen LogP contribution in [-0.2, 0) is 34.8 Å². The largest absolute Gasteiger partial charge is 0.444 e. The molecule has 2 atom stereocenters. The highest BCUT2D eigenvalue weighted by molar-refractivity contribution is 5.97. The standard InChI is InChI=1S/C34H44F2N6O3/c1-21-11-26(39(8)38-21)15-27-18-41(32(44)45-33(3,4)5)22(2)17-40(27)19-31(43)42-20-34(6,7)28-16-37-25(14-30(28)42)12-23-9-10-24(35)13-29(23)36/h9-11,13-14,16,22,27H,12,15,17-20H2,1-8H3. The molecule has 4 heterocycles. The van der Waals surface area contributed by atoms with E-state index in [1.54, 1.807) is 16.0 Å². The fourth-order valence-corrected chi connectivity index (χ4v) is 6.40. The molecule has 2 amide bonds. The van der Waals surface area contributed by atoms with Crippen LogP contribution in [0.15, 0.2) is 36.5 Å². The van der Waals surface area contributed by atoms with E-state index in [1.807, 2.05) is 58.5 Å². The van der Waals surface area contributed by atoms with Gasteiger partial charge in [0.25, 0.3) is 0 Å². The molecule has 2 aromatic heterocycles. The zero-order valence-corrected chi connectivity index (χ0v) is 27.5. The lowest BCUT2D eigenvalue weighted by atomic mass is 9.88. The molecule has 3 aromatic rings. The molecule has 2 aliphatic rings. The molecule has 242 valence electrons. The lowest BCUT2D eigenvalue weighted by Gasteiger charge is -2.45. The molecule has 0 saturated carbocycles. The Hall–Kier alpha value is -3.86. The van der Waals surface area contributed by atoms with Crippen LogP contribution in [-0.4, -0.2) is 80.4 Å². The lowest BCUT2D eigenvalue weighted by molar-refractivity contribution is -0.121. The van der Waals surface area contributed by atoms with Gasteiger partial charge in [0.05, 0.1) is 17.9 Å². The Morgan fingerprint density at radius 3 is 2.49 bits per heavy atom. The molecule has 1 fully saturated rings. The van der Waals surface area contributed by atoms with E-state index in [0.717, 1.165) is 28.7 Å². The second-order valence-corrected chi connectivity index (χ2v) is 14.1. The summed E-state index contributed by atoms with van der Waals surface area (Å²) < 4.78 is 35.5. The van der Waals surface area contributed by atoms with Crippen molar-refractivity contribution in [1.29, 1.82) is 0 Å². The van der Waals surface area contributed by atoms with Gasteiger partial charge in [-0.2, -0.15) is 5.10 Å². The number of ether oxygens (including phenoxy) is 1. The maximum atomic E-state index is 14.4. The van der Waals surface area contributed by atoms with Gasteiger partial charge in [-0.3, -0.25) is 19.4 Å². The van der Waals surface area contributed by atoms with E-state index in [-0.39, 0.29) is 42.5 Å². The van der Waals surface area contributed by atoms with Crippen molar-refractivity contribution in [2.24, 2.45) is 7.05 Å². The summed E-state index contributed by atoms with van der Waals surface area (Å²) in [5.41, 5.74) is 3.62. The van der Waals surface area contributed by atoms with E-state index >= 15 is 0 Å². The van der Waals surface area contributed by atoms with Gasteiger partial charge in [0, 0.05) is 86.2 Å². The molecular formula is C34H44F2N6O3. The van der Waals surface area contributed by atoms with Gasteiger partial charge in [-0.25, -0.2) is 13.6 Å². The van der Waals surface area contributed by atoms with Crippen molar-refractivity contribution in [1.82, 2.24) is 24.6 Å². The molecule has 2 unspecified atom stereocenters. The number of amides is 2. The van der Waals surface area contributed by atoms with Crippen LogP contribution < -0.4 is 4.90 Å². The summed E-state index contributed by atoms with van der Waals surface area (Å²) in [5.74, 6) is -1.31. The number of rotatable bonds is 6. The fourth-order valence-electron chi connectivity index (χ4n) is 6.40. The van der Waals surface area contributed by atoms with Crippen LogP contribution in [0.25, 0.3) is 0 Å². The predicted octanol–water partition coefficient (Wildman–Crippen LogP) is 5.17. The molecular weight excluding hydrogens is 578 g/mol. The zero-order valence-electron chi connectivity index (χ0n) is 27.5. The average Bonchev–Trinajstić information content (AvgIpc) is 3.39. The fraction of sp³-hybridized carbons (Fsp3) is 0.529. The van der Waals surface area contributed by atoms with Gasteiger partial charge in [-0.05, 0) is 58.4 Å². The van der Waals surface area contributed by atoms with Gasteiger partial charge in [0.1, 0.15) is 17.2 Å². The average molecular weight is 623 g/mol. The second-order valence-electron chi connectivity index (χ2n) is 14.1. The molecule has 45 heavy (non-hydrogen) atoms. The quantitative estimate of drug-likeness (QED) is 0.377. The number of fused-ring (bicyclic) bond motifs is 1. The number of nitrogens with zero attached hydrogens (tertiary/aromatic N) is 6. The van der Waals surface area contributed by atoms with Crippen LogP contribution in [0.3, 0.4) is 0 Å². The minimum absolute atomic E-state index is 0.0592. The van der Waals surface area contributed by atoms with Crippen molar-refractivity contribution in [2.45, 2.75) is 84.4 Å². The van der Waals surface area contributed by atoms with E-state index in [2.05, 4.69) is 28.8 Å². The molecule has 2 aliphatic heterocycles. The van der Waals surface area contributed by atoms with Crippen molar-refractivity contribution in [3.8, 4) is 0 Å². The molecule has 0 radical (unpaired) electrons. The number of benzene rings is 1. The van der Waals surface area contributed by atoms with Crippen LogP contribution in [0.4, 0.5) is 19.3 Å². The predicted molar refractivity (Wildman–Crippen MR) is 168 cm³/mol. The number of carbonyl (C=O) groups excluding carboxylic acids is 2. The van der Waals surface area contributed by atoms with Gasteiger partial charge in [-0.15, -0.1) is 0 Å². The van der Waals surface area contributed by atoms with Crippen LogP contribution in [0.1, 0.15) is 69.8 Å². The Morgan fingerprint density at radius 2 is 1.84 bits per heavy atom. The first-order valence-corrected chi connectivity index (χ1v) is 15.5. The first-order chi connectivity index (χ1) is 21.0. The number of hydrogen-bond acceptors (Lipinski definition) is 6. The van der Waals surface area contributed by atoms with E-state index in [0.29, 0.717) is 37.3 Å². The molecule has 1 aromatic carbocycles. The van der Waals surface area contributed by atoms with Crippen LogP contribution >= 0.6 is 0 Å². The summed E-state index contributed by atoms with van der Waals surface area (Å²) in [6.45, 7) is 15.2. The van der Waals surface area contributed by atoms with Gasteiger partial charge >= 0.3 is 6.09 Å². The third kappa shape index (κ3) is 7.19. The topological polar surface area (TPSA) is 83.8 Å². The Morgan fingerprint density at radius 1 is 1.11 bits per heavy atom. The normalized spacial score (nSPS) is 20.0. The van der Waals surface area contributed by atoms with E-state index in [9.17, 15) is 18.4 Å². The van der Waals surface area contributed by atoms with Gasteiger partial charge in [-0.1, -0.05) is 19.9 Å². The SMILES string of the molecule is Cc1cc(CC2CN(C(=O)OC(C)(C)C)C(C)CN2CC(=O)N2CC(C)(C)c3cnc(Cc4ccc(F)cc4F)cc32)n(C)n1. The molecule has 0 spiro atoms. The highest BCUT2D eigenvalue weighted by Crippen LogP contribution is 2.41. The molecule has 0 N–H and O–H groups in total. The Bertz CT molecular complexity index is 1600. The molecule has 11 heteroatoms. The lowest BCUT2D eigenvalue weighted by Crippen LogP contribution is -2.61. The number of piperazine rings is 1. The summed E-state index contributed by atoms with van der Waals surface area (Å²) in [6.07, 6.45) is 2.20. The number of hydrogen-bond donors (Lipinski definition) is 0. The van der Waals surface area contributed by atoms with Gasteiger partial charge < -0.3 is 14.5 Å². The number of aryl methyl sites for hydroxylation is 2. The Kier molecular flexibility index (Phi) is 8.78. The minimum Gasteiger partial charge on any atom is -0.444 e. The third-order valence-electron chi connectivity index (χ3n) is 8.66. The summed E-state index contributed by atoms with van der Waals surface area (Å²) in [5, 5.41) is 4.50. The summed E-state index contributed by atoms with van der Waals surface area (Å²) in [4.78, 5) is 37.6. The molecule has 1 saturated heterocycles.